The Morgan fingerprint density at radius 2 is 1.90 bits per heavy atom. The summed E-state index contributed by atoms with van der Waals surface area (Å²) < 4.78 is 0.849. The summed E-state index contributed by atoms with van der Waals surface area (Å²) in [7, 11) is 0. The molecule has 0 bridgehead atoms. The van der Waals surface area contributed by atoms with E-state index in [-0.39, 0.29) is 17.9 Å². The molecule has 0 radical (unpaired) electrons. The molecule has 0 aliphatic rings. The van der Waals surface area contributed by atoms with Crippen molar-refractivity contribution in [3.8, 4) is 0 Å². The normalized spacial score (nSPS) is 13.5. The zero-order valence-electron chi connectivity index (χ0n) is 11.5. The van der Waals surface area contributed by atoms with Gasteiger partial charge in [0, 0.05) is 10.5 Å². The predicted molar refractivity (Wildman–Crippen MR) is 90.3 cm³/mol. The van der Waals surface area contributed by atoms with Crippen LogP contribution in [0.3, 0.4) is 0 Å². The highest BCUT2D eigenvalue weighted by molar-refractivity contribution is 9.10. The molecule has 0 aromatic heterocycles. The van der Waals surface area contributed by atoms with Gasteiger partial charge in [-0.25, -0.2) is 0 Å². The Morgan fingerprint density at radius 1 is 1.24 bits per heavy atom. The molecule has 2 rings (SSSR count). The first-order chi connectivity index (χ1) is 9.99. The summed E-state index contributed by atoms with van der Waals surface area (Å²) >= 11 is 9.43. The van der Waals surface area contributed by atoms with Gasteiger partial charge in [0.25, 0.3) is 0 Å². The van der Waals surface area contributed by atoms with E-state index in [2.05, 4.69) is 21.2 Å². The van der Waals surface area contributed by atoms with E-state index in [4.69, 9.17) is 17.3 Å². The molecule has 3 N–H and O–H groups in total. The minimum atomic E-state index is -0.373. The lowest BCUT2D eigenvalue weighted by atomic mass is 9.94. The summed E-state index contributed by atoms with van der Waals surface area (Å²) in [6.07, 6.45) is 0. The van der Waals surface area contributed by atoms with Crippen molar-refractivity contribution >= 4 is 39.1 Å². The zero-order valence-corrected chi connectivity index (χ0v) is 13.9. The van der Waals surface area contributed by atoms with Gasteiger partial charge in [0.1, 0.15) is 0 Å². The Bertz CT molecular complexity index is 633. The topological polar surface area (TPSA) is 55.1 Å². The van der Waals surface area contributed by atoms with E-state index in [1.54, 1.807) is 19.1 Å². The average Bonchev–Trinajstić information content (AvgIpc) is 2.50. The van der Waals surface area contributed by atoms with Crippen molar-refractivity contribution in [2.45, 2.75) is 13.0 Å². The maximum atomic E-state index is 12.3. The van der Waals surface area contributed by atoms with Crippen LogP contribution in [0.2, 0.25) is 5.02 Å². The van der Waals surface area contributed by atoms with Crippen LogP contribution in [0.1, 0.15) is 18.5 Å². The minimum absolute atomic E-state index is 0.161. The van der Waals surface area contributed by atoms with Crippen LogP contribution in [0.5, 0.6) is 0 Å². The van der Waals surface area contributed by atoms with Crippen molar-refractivity contribution in [3.05, 3.63) is 63.6 Å². The van der Waals surface area contributed by atoms with Crippen molar-refractivity contribution in [2.75, 3.05) is 5.32 Å². The lowest BCUT2D eigenvalue weighted by molar-refractivity contribution is -0.120. The molecule has 5 heteroatoms. The Morgan fingerprint density at radius 3 is 2.57 bits per heavy atom. The predicted octanol–water partition coefficient (Wildman–Crippen LogP) is 4.38. The van der Waals surface area contributed by atoms with E-state index in [0.717, 1.165) is 10.0 Å². The Hall–Kier alpha value is -1.36. The third-order valence-corrected chi connectivity index (χ3v) is 4.15. The first kappa shape index (κ1) is 16.0. The van der Waals surface area contributed by atoms with Crippen LogP contribution in [-0.2, 0) is 4.79 Å². The highest BCUT2D eigenvalue weighted by atomic mass is 79.9. The van der Waals surface area contributed by atoms with Crippen LogP contribution in [0.15, 0.2) is 53.0 Å². The fourth-order valence-corrected chi connectivity index (χ4v) is 2.49. The van der Waals surface area contributed by atoms with E-state index < -0.39 is 0 Å². The number of rotatable bonds is 4. The first-order valence-electron chi connectivity index (χ1n) is 6.55. The van der Waals surface area contributed by atoms with E-state index in [0.29, 0.717) is 10.7 Å². The van der Waals surface area contributed by atoms with Crippen LogP contribution < -0.4 is 11.1 Å². The van der Waals surface area contributed by atoms with Gasteiger partial charge >= 0.3 is 0 Å². The molecule has 2 unspecified atom stereocenters. The molecule has 2 aromatic carbocycles. The van der Waals surface area contributed by atoms with E-state index >= 15 is 0 Å². The second-order valence-electron chi connectivity index (χ2n) is 4.84. The Kier molecular flexibility index (Phi) is 5.39. The molecule has 0 saturated carbocycles. The van der Waals surface area contributed by atoms with Gasteiger partial charge in [-0.3, -0.25) is 4.79 Å². The number of hydrogen-bond donors (Lipinski definition) is 2. The van der Waals surface area contributed by atoms with Gasteiger partial charge in [-0.2, -0.15) is 0 Å². The molecule has 21 heavy (non-hydrogen) atoms. The molecule has 3 nitrogen and oxygen atoms in total. The summed E-state index contributed by atoms with van der Waals surface area (Å²) in [5.41, 5.74) is 7.66. The number of amides is 1. The van der Waals surface area contributed by atoms with Gasteiger partial charge in [0.15, 0.2) is 0 Å². The fraction of sp³-hybridized carbons (Fsp3) is 0.188. The lowest BCUT2D eigenvalue weighted by Gasteiger charge is -2.20. The zero-order chi connectivity index (χ0) is 15.4. The van der Waals surface area contributed by atoms with Crippen molar-refractivity contribution in [1.82, 2.24) is 0 Å². The van der Waals surface area contributed by atoms with Crippen LogP contribution in [0.25, 0.3) is 0 Å². The van der Waals surface area contributed by atoms with Crippen molar-refractivity contribution < 1.29 is 4.79 Å². The van der Waals surface area contributed by atoms with Crippen molar-refractivity contribution in [2.24, 2.45) is 11.7 Å². The van der Waals surface area contributed by atoms with Gasteiger partial charge in [-0.05, 0) is 23.8 Å². The third kappa shape index (κ3) is 4.06. The minimum Gasteiger partial charge on any atom is -0.324 e. The van der Waals surface area contributed by atoms with Crippen molar-refractivity contribution in [1.29, 1.82) is 0 Å². The fourth-order valence-electron chi connectivity index (χ4n) is 1.97. The van der Waals surface area contributed by atoms with Crippen molar-refractivity contribution in [3.63, 3.8) is 0 Å². The number of nitrogens with two attached hydrogens (primary N) is 1. The number of halogens is 2. The van der Waals surface area contributed by atoms with Crippen LogP contribution >= 0.6 is 27.5 Å². The maximum absolute atomic E-state index is 12.3. The number of benzene rings is 2. The molecule has 0 heterocycles. The molecule has 0 aliphatic heterocycles. The standard InChI is InChI=1S/C16H16BrClN2O/c1-10(15(19)11-5-3-2-4-6-11)16(21)20-14-9-12(17)7-8-13(14)18/h2-10,15H,19H2,1H3,(H,20,21). The van der Waals surface area contributed by atoms with E-state index in [9.17, 15) is 4.79 Å². The third-order valence-electron chi connectivity index (χ3n) is 3.32. The van der Waals surface area contributed by atoms with Gasteiger partial charge < -0.3 is 11.1 Å². The second-order valence-corrected chi connectivity index (χ2v) is 6.16. The Labute approximate surface area is 137 Å². The average molecular weight is 368 g/mol. The highest BCUT2D eigenvalue weighted by Gasteiger charge is 2.22. The quantitative estimate of drug-likeness (QED) is 0.842. The SMILES string of the molecule is CC(C(=O)Nc1cc(Br)ccc1Cl)C(N)c1ccccc1. The maximum Gasteiger partial charge on any atom is 0.229 e. The largest absolute Gasteiger partial charge is 0.324 e. The van der Waals surface area contributed by atoms with Gasteiger partial charge in [-0.1, -0.05) is 64.8 Å². The van der Waals surface area contributed by atoms with Crippen LogP contribution in [0, 0.1) is 5.92 Å². The molecule has 2 atom stereocenters. The monoisotopic (exact) mass is 366 g/mol. The summed E-state index contributed by atoms with van der Waals surface area (Å²) in [6.45, 7) is 1.80. The number of nitrogens with one attached hydrogen (secondary N) is 1. The summed E-state index contributed by atoms with van der Waals surface area (Å²) in [5.74, 6) is -0.534. The van der Waals surface area contributed by atoms with Crippen LogP contribution in [0.4, 0.5) is 5.69 Å². The molecule has 0 spiro atoms. The molecular formula is C16H16BrClN2O. The highest BCUT2D eigenvalue weighted by Crippen LogP contribution is 2.27. The summed E-state index contributed by atoms with van der Waals surface area (Å²) in [4.78, 5) is 12.3. The molecular weight excluding hydrogens is 352 g/mol. The number of carbonyl (C=O) groups excluding carboxylic acids is 1. The number of anilines is 1. The molecule has 0 fully saturated rings. The molecule has 1 amide bonds. The second kappa shape index (κ2) is 7.07. The van der Waals surface area contributed by atoms with E-state index in [1.165, 1.54) is 0 Å². The molecule has 0 saturated heterocycles. The van der Waals surface area contributed by atoms with Gasteiger partial charge in [-0.15, -0.1) is 0 Å². The number of hydrogen-bond acceptors (Lipinski definition) is 2. The van der Waals surface area contributed by atoms with Gasteiger partial charge in [0.05, 0.1) is 16.6 Å². The summed E-state index contributed by atoms with van der Waals surface area (Å²) in [5, 5.41) is 3.31. The molecule has 110 valence electrons. The Balaban J connectivity index is 2.11. The lowest BCUT2D eigenvalue weighted by Crippen LogP contribution is -2.30. The summed E-state index contributed by atoms with van der Waals surface area (Å²) in [6, 6.07) is 14.5. The molecule has 2 aromatic rings. The van der Waals surface area contributed by atoms with E-state index in [1.807, 2.05) is 36.4 Å². The number of carbonyl (C=O) groups is 1. The van der Waals surface area contributed by atoms with Crippen LogP contribution in [-0.4, -0.2) is 5.91 Å². The molecule has 0 aliphatic carbocycles. The van der Waals surface area contributed by atoms with Gasteiger partial charge in [0.2, 0.25) is 5.91 Å². The first-order valence-corrected chi connectivity index (χ1v) is 7.72. The smallest absolute Gasteiger partial charge is 0.229 e.